The molecule has 0 aliphatic heterocycles. The molecule has 20 heavy (non-hydrogen) atoms. The maximum atomic E-state index is 12.8. The molecule has 0 bridgehead atoms. The first kappa shape index (κ1) is 13.1. The van der Waals surface area contributed by atoms with E-state index in [0.29, 0.717) is 5.82 Å². The normalized spacial score (nSPS) is 17.6. The van der Waals surface area contributed by atoms with Crippen LogP contribution in [0.25, 0.3) is 5.78 Å². The van der Waals surface area contributed by atoms with Crippen molar-refractivity contribution in [2.45, 2.75) is 44.3 Å². The average molecular weight is 285 g/mol. The van der Waals surface area contributed by atoms with E-state index in [-0.39, 0.29) is 11.8 Å². The second-order valence-electron chi connectivity index (χ2n) is 4.98. The minimum absolute atomic E-state index is 0.0434. The zero-order chi connectivity index (χ0) is 14.2. The molecular formula is C12H14F3N5. The standard InChI is InChI=1S/C12H14F3N5/c13-12(14,15)9-6-10(18-8-4-2-1-3-5-8)20-11(19-9)16-7-17-20/h6-8,18H,1-5H2. The molecule has 2 aromatic heterocycles. The van der Waals surface area contributed by atoms with Crippen LogP contribution in [-0.4, -0.2) is 25.6 Å². The lowest BCUT2D eigenvalue weighted by atomic mass is 9.95. The van der Waals surface area contributed by atoms with Crippen molar-refractivity contribution in [2.24, 2.45) is 0 Å². The van der Waals surface area contributed by atoms with Crippen molar-refractivity contribution in [3.63, 3.8) is 0 Å². The minimum atomic E-state index is -4.49. The van der Waals surface area contributed by atoms with E-state index in [9.17, 15) is 13.2 Å². The summed E-state index contributed by atoms with van der Waals surface area (Å²) in [4.78, 5) is 7.23. The molecule has 0 saturated heterocycles. The lowest BCUT2D eigenvalue weighted by Crippen LogP contribution is -2.24. The maximum Gasteiger partial charge on any atom is 0.433 e. The molecule has 1 N–H and O–H groups in total. The smallest absolute Gasteiger partial charge is 0.367 e. The Kier molecular flexibility index (Phi) is 3.23. The SMILES string of the molecule is FC(F)(F)c1cc(NC2CCCCC2)n2ncnc2n1. The zero-order valence-corrected chi connectivity index (χ0v) is 10.7. The molecule has 1 saturated carbocycles. The zero-order valence-electron chi connectivity index (χ0n) is 10.7. The predicted molar refractivity (Wildman–Crippen MR) is 66.3 cm³/mol. The largest absolute Gasteiger partial charge is 0.433 e. The van der Waals surface area contributed by atoms with Crippen molar-refractivity contribution in [1.82, 2.24) is 19.6 Å². The van der Waals surface area contributed by atoms with Crippen LogP contribution in [0, 0.1) is 0 Å². The van der Waals surface area contributed by atoms with Gasteiger partial charge in [0, 0.05) is 12.1 Å². The van der Waals surface area contributed by atoms with Crippen LogP contribution in [0.4, 0.5) is 19.0 Å². The Balaban J connectivity index is 1.97. The Hall–Kier alpha value is -1.86. The summed E-state index contributed by atoms with van der Waals surface area (Å²) in [6.45, 7) is 0. The number of anilines is 1. The summed E-state index contributed by atoms with van der Waals surface area (Å²) in [5.41, 5.74) is -0.948. The third kappa shape index (κ3) is 2.54. The highest BCUT2D eigenvalue weighted by Gasteiger charge is 2.34. The highest BCUT2D eigenvalue weighted by molar-refractivity contribution is 5.46. The van der Waals surface area contributed by atoms with Gasteiger partial charge in [0.1, 0.15) is 12.1 Å². The maximum absolute atomic E-state index is 12.8. The van der Waals surface area contributed by atoms with E-state index in [1.165, 1.54) is 17.3 Å². The van der Waals surface area contributed by atoms with Gasteiger partial charge in [-0.05, 0) is 12.8 Å². The summed E-state index contributed by atoms with van der Waals surface area (Å²) in [5, 5.41) is 7.06. The van der Waals surface area contributed by atoms with Gasteiger partial charge < -0.3 is 5.32 Å². The van der Waals surface area contributed by atoms with Gasteiger partial charge in [-0.1, -0.05) is 19.3 Å². The predicted octanol–water partition coefficient (Wildman–Crippen LogP) is 2.89. The molecule has 0 spiro atoms. The summed E-state index contributed by atoms with van der Waals surface area (Å²) in [6, 6.07) is 1.18. The molecule has 8 heteroatoms. The van der Waals surface area contributed by atoms with Gasteiger partial charge in [-0.3, -0.25) is 0 Å². The number of nitrogens with zero attached hydrogens (tertiary/aromatic N) is 4. The highest BCUT2D eigenvalue weighted by atomic mass is 19.4. The quantitative estimate of drug-likeness (QED) is 0.921. The third-order valence-electron chi connectivity index (χ3n) is 3.50. The number of fused-ring (bicyclic) bond motifs is 1. The molecule has 5 nitrogen and oxygen atoms in total. The lowest BCUT2D eigenvalue weighted by molar-refractivity contribution is -0.141. The molecule has 0 unspecified atom stereocenters. The van der Waals surface area contributed by atoms with Crippen LogP contribution in [0.15, 0.2) is 12.4 Å². The van der Waals surface area contributed by atoms with Gasteiger partial charge in [-0.15, -0.1) is 0 Å². The monoisotopic (exact) mass is 285 g/mol. The van der Waals surface area contributed by atoms with E-state index in [0.717, 1.165) is 31.7 Å². The van der Waals surface area contributed by atoms with Crippen LogP contribution >= 0.6 is 0 Å². The number of hydrogen-bond acceptors (Lipinski definition) is 4. The number of rotatable bonds is 2. The van der Waals surface area contributed by atoms with E-state index in [1.54, 1.807) is 0 Å². The third-order valence-corrected chi connectivity index (χ3v) is 3.50. The molecule has 1 aliphatic rings. The second-order valence-corrected chi connectivity index (χ2v) is 4.98. The summed E-state index contributed by atoms with van der Waals surface area (Å²) in [6.07, 6.45) is 2.00. The summed E-state index contributed by atoms with van der Waals surface area (Å²) in [7, 11) is 0. The van der Waals surface area contributed by atoms with E-state index in [4.69, 9.17) is 0 Å². The van der Waals surface area contributed by atoms with Crippen molar-refractivity contribution in [3.8, 4) is 0 Å². The molecule has 0 aromatic carbocycles. The molecule has 0 radical (unpaired) electrons. The van der Waals surface area contributed by atoms with Crippen LogP contribution in [0.3, 0.4) is 0 Å². The van der Waals surface area contributed by atoms with E-state index in [2.05, 4.69) is 20.4 Å². The van der Waals surface area contributed by atoms with Crippen LogP contribution in [0.2, 0.25) is 0 Å². The van der Waals surface area contributed by atoms with Gasteiger partial charge in [0.2, 0.25) is 0 Å². The summed E-state index contributed by atoms with van der Waals surface area (Å²) in [5.74, 6) is 0.254. The van der Waals surface area contributed by atoms with E-state index >= 15 is 0 Å². The lowest BCUT2D eigenvalue weighted by Gasteiger charge is -2.24. The molecule has 108 valence electrons. The van der Waals surface area contributed by atoms with Gasteiger partial charge in [-0.25, -0.2) is 4.98 Å². The number of nitrogens with one attached hydrogen (secondary N) is 1. The van der Waals surface area contributed by atoms with Crippen LogP contribution in [0.5, 0.6) is 0 Å². The van der Waals surface area contributed by atoms with E-state index < -0.39 is 11.9 Å². The average Bonchev–Trinajstić information content (AvgIpc) is 2.87. The number of alkyl halides is 3. The highest BCUT2D eigenvalue weighted by Crippen LogP contribution is 2.30. The van der Waals surface area contributed by atoms with Crippen molar-refractivity contribution in [3.05, 3.63) is 18.1 Å². The van der Waals surface area contributed by atoms with Gasteiger partial charge in [0.15, 0.2) is 5.69 Å². The van der Waals surface area contributed by atoms with Gasteiger partial charge in [-0.2, -0.15) is 27.8 Å². The topological polar surface area (TPSA) is 55.1 Å². The Morgan fingerprint density at radius 2 is 1.95 bits per heavy atom. The molecular weight excluding hydrogens is 271 g/mol. The van der Waals surface area contributed by atoms with Crippen LogP contribution in [-0.2, 0) is 6.18 Å². The summed E-state index contributed by atoms with van der Waals surface area (Å²) < 4.78 is 39.8. The Morgan fingerprint density at radius 1 is 1.20 bits per heavy atom. The van der Waals surface area contributed by atoms with E-state index in [1.807, 2.05) is 0 Å². The Bertz CT molecular complexity index is 601. The van der Waals surface area contributed by atoms with Gasteiger partial charge >= 0.3 is 6.18 Å². The van der Waals surface area contributed by atoms with Crippen molar-refractivity contribution in [2.75, 3.05) is 5.32 Å². The molecule has 0 amide bonds. The molecule has 1 aliphatic carbocycles. The molecule has 2 aromatic rings. The first-order chi connectivity index (χ1) is 9.54. The van der Waals surface area contributed by atoms with Crippen molar-refractivity contribution < 1.29 is 13.2 Å². The fraction of sp³-hybridized carbons (Fsp3) is 0.583. The van der Waals surface area contributed by atoms with Gasteiger partial charge in [0.05, 0.1) is 0 Å². The first-order valence-electron chi connectivity index (χ1n) is 6.58. The Morgan fingerprint density at radius 3 is 2.65 bits per heavy atom. The van der Waals surface area contributed by atoms with Crippen molar-refractivity contribution in [1.29, 1.82) is 0 Å². The van der Waals surface area contributed by atoms with Crippen LogP contribution < -0.4 is 5.32 Å². The fourth-order valence-corrected chi connectivity index (χ4v) is 2.52. The number of hydrogen-bond donors (Lipinski definition) is 1. The van der Waals surface area contributed by atoms with Crippen molar-refractivity contribution >= 4 is 11.6 Å². The number of aromatic nitrogens is 4. The van der Waals surface area contributed by atoms with Gasteiger partial charge in [0.25, 0.3) is 5.78 Å². The molecule has 1 fully saturated rings. The Labute approximate surface area is 113 Å². The second kappa shape index (κ2) is 4.92. The fourth-order valence-electron chi connectivity index (χ4n) is 2.52. The molecule has 3 rings (SSSR count). The molecule has 0 atom stereocenters. The number of halogens is 3. The molecule has 2 heterocycles. The minimum Gasteiger partial charge on any atom is -0.367 e. The summed E-state index contributed by atoms with van der Waals surface area (Å²) >= 11 is 0. The van der Waals surface area contributed by atoms with Crippen LogP contribution in [0.1, 0.15) is 37.8 Å². The first-order valence-corrected chi connectivity index (χ1v) is 6.58.